The largest absolute Gasteiger partial charge is 0.431 e. The summed E-state index contributed by atoms with van der Waals surface area (Å²) in [6, 6.07) is 0. The van der Waals surface area contributed by atoms with E-state index in [1.807, 2.05) is 0 Å². The molecule has 0 radical (unpaired) electrons. The van der Waals surface area contributed by atoms with Gasteiger partial charge in [-0.15, -0.1) is 0 Å². The van der Waals surface area contributed by atoms with E-state index in [2.05, 4.69) is 4.74 Å². The van der Waals surface area contributed by atoms with Crippen LogP contribution in [0.4, 0.5) is 48.3 Å². The molecule has 12 heteroatoms. The van der Waals surface area contributed by atoms with Crippen LogP contribution >= 0.6 is 0 Å². The fourth-order valence-electron chi connectivity index (χ4n) is 1.46. The van der Waals surface area contributed by atoms with Gasteiger partial charge in [0.1, 0.15) is 0 Å². The summed E-state index contributed by atoms with van der Waals surface area (Å²) in [4.78, 5) is 0. The van der Waals surface area contributed by atoms with Crippen LogP contribution in [0.5, 0.6) is 0 Å². The smallest absolute Gasteiger partial charge is 0.317 e. The molecule has 0 aromatic carbocycles. The maximum atomic E-state index is 13.1. The van der Waals surface area contributed by atoms with Crippen LogP contribution in [0.1, 0.15) is 0 Å². The maximum absolute atomic E-state index is 13.1. The average Bonchev–Trinajstić information content (AvgIpc) is 2.06. The Morgan fingerprint density at radius 2 is 1.06 bits per heavy atom. The Labute approximate surface area is 90.5 Å². The molecule has 2 atom stereocenters. The molecule has 1 aliphatic heterocycles. The van der Waals surface area contributed by atoms with E-state index >= 15 is 0 Å². The monoisotopic (exact) mass is 298 g/mol. The van der Waals surface area contributed by atoms with Gasteiger partial charge < -0.3 is 4.74 Å². The number of alkyl halides is 11. The fraction of sp³-hybridized carbons (Fsp3) is 1.00. The molecule has 1 rings (SSSR count). The summed E-state index contributed by atoms with van der Waals surface area (Å²) in [5, 5.41) is 0. The van der Waals surface area contributed by atoms with Crippen molar-refractivity contribution in [2.24, 2.45) is 0 Å². The predicted molar refractivity (Wildman–Crippen MR) is 30.7 cm³/mol. The summed E-state index contributed by atoms with van der Waals surface area (Å²) in [6.07, 6.45) is -24.8. The molecule has 0 aromatic heterocycles. The van der Waals surface area contributed by atoms with Crippen molar-refractivity contribution >= 4 is 0 Å². The molecule has 1 fully saturated rings. The van der Waals surface area contributed by atoms with Crippen LogP contribution in [0, 0.1) is 0 Å². The standard InChI is InChI=1S/C6HF11O/c7-1-2(8,4(9,10)11)3(18-1,5(12,13)14)6(15,16)17/h1H/t1-,2+/m0/s1. The van der Waals surface area contributed by atoms with Gasteiger partial charge in [-0.3, -0.25) is 0 Å². The van der Waals surface area contributed by atoms with Gasteiger partial charge in [-0.1, -0.05) is 0 Å². The number of hydrogen-bond acceptors (Lipinski definition) is 1. The first-order chi connectivity index (χ1) is 7.63. The minimum absolute atomic E-state index is 2.49. The van der Waals surface area contributed by atoms with Crippen LogP contribution in [0.25, 0.3) is 0 Å². The molecule has 108 valence electrons. The topological polar surface area (TPSA) is 9.23 Å². The molecular formula is C6HF11O. The van der Waals surface area contributed by atoms with Crippen LogP contribution in [0.2, 0.25) is 0 Å². The minimum Gasteiger partial charge on any atom is -0.317 e. The number of hydrogen-bond donors (Lipinski definition) is 0. The summed E-state index contributed by atoms with van der Waals surface area (Å²) in [6.45, 7) is 0. The Kier molecular flexibility index (Phi) is 2.87. The number of halogens is 11. The second-order valence-electron chi connectivity index (χ2n) is 3.32. The van der Waals surface area contributed by atoms with Crippen LogP contribution in [-0.4, -0.2) is 36.2 Å². The van der Waals surface area contributed by atoms with Crippen molar-refractivity contribution in [2.75, 3.05) is 0 Å². The van der Waals surface area contributed by atoms with E-state index in [1.54, 1.807) is 0 Å². The Bertz CT molecular complexity index is 323. The highest BCUT2D eigenvalue weighted by Gasteiger charge is 2.98. The minimum atomic E-state index is -6.84. The molecule has 1 aliphatic rings. The summed E-state index contributed by atoms with van der Waals surface area (Å²) in [5.41, 5.74) is -12.5. The van der Waals surface area contributed by atoms with Gasteiger partial charge in [-0.25, -0.2) is 8.78 Å². The second-order valence-corrected chi connectivity index (χ2v) is 3.32. The van der Waals surface area contributed by atoms with Gasteiger partial charge in [0.15, 0.2) is 0 Å². The first-order valence-electron chi connectivity index (χ1n) is 3.84. The molecule has 0 aliphatic carbocycles. The van der Waals surface area contributed by atoms with Gasteiger partial charge in [-0.2, -0.15) is 39.5 Å². The Hall–Kier alpha value is -0.810. The molecule has 0 amide bonds. The van der Waals surface area contributed by atoms with Crippen molar-refractivity contribution in [1.29, 1.82) is 0 Å². The lowest BCUT2D eigenvalue weighted by atomic mass is 9.76. The highest BCUT2D eigenvalue weighted by Crippen LogP contribution is 2.66. The molecule has 0 N–H and O–H groups in total. The van der Waals surface area contributed by atoms with E-state index in [0.29, 0.717) is 0 Å². The van der Waals surface area contributed by atoms with E-state index in [1.165, 1.54) is 0 Å². The predicted octanol–water partition coefficient (Wildman–Crippen LogP) is 3.45. The normalized spacial score (nSPS) is 33.2. The maximum Gasteiger partial charge on any atom is 0.431 e. The zero-order chi connectivity index (χ0) is 14.8. The van der Waals surface area contributed by atoms with Gasteiger partial charge in [0, 0.05) is 0 Å². The SMILES string of the molecule is F[C@H]1OC(C(F)(F)F)(C(F)(F)F)[C@@]1(F)C(F)(F)F. The fourth-order valence-corrected chi connectivity index (χ4v) is 1.46. The summed E-state index contributed by atoms with van der Waals surface area (Å²) >= 11 is 0. The molecule has 0 saturated carbocycles. The molecule has 0 unspecified atom stereocenters. The van der Waals surface area contributed by atoms with Crippen LogP contribution in [0.15, 0.2) is 0 Å². The van der Waals surface area contributed by atoms with Gasteiger partial charge in [-0.05, 0) is 0 Å². The third kappa shape index (κ3) is 1.43. The molecule has 0 bridgehead atoms. The summed E-state index contributed by atoms with van der Waals surface area (Å²) in [5.74, 6) is 0. The molecular weight excluding hydrogens is 297 g/mol. The average molecular weight is 298 g/mol. The summed E-state index contributed by atoms with van der Waals surface area (Å²) in [7, 11) is 0. The molecule has 1 heterocycles. The highest BCUT2D eigenvalue weighted by molar-refractivity contribution is 5.22. The molecule has 1 saturated heterocycles. The van der Waals surface area contributed by atoms with Gasteiger partial charge >= 0.3 is 29.8 Å². The number of rotatable bonds is 0. The molecule has 1 nitrogen and oxygen atoms in total. The lowest BCUT2D eigenvalue weighted by Gasteiger charge is -2.55. The van der Waals surface area contributed by atoms with Crippen molar-refractivity contribution in [3.63, 3.8) is 0 Å². The Morgan fingerprint density at radius 1 is 0.722 bits per heavy atom. The van der Waals surface area contributed by atoms with Crippen molar-refractivity contribution in [3.05, 3.63) is 0 Å². The van der Waals surface area contributed by atoms with Crippen LogP contribution < -0.4 is 0 Å². The first kappa shape index (κ1) is 15.2. The Balaban J connectivity index is 3.51. The molecule has 18 heavy (non-hydrogen) atoms. The van der Waals surface area contributed by atoms with Gasteiger partial charge in [0.05, 0.1) is 0 Å². The van der Waals surface area contributed by atoms with Crippen molar-refractivity contribution in [1.82, 2.24) is 0 Å². The van der Waals surface area contributed by atoms with Crippen LogP contribution in [-0.2, 0) is 4.74 Å². The van der Waals surface area contributed by atoms with Crippen LogP contribution in [0.3, 0.4) is 0 Å². The second kappa shape index (κ2) is 3.39. The van der Waals surface area contributed by atoms with E-state index in [4.69, 9.17) is 0 Å². The summed E-state index contributed by atoms with van der Waals surface area (Å²) < 4.78 is 136. The van der Waals surface area contributed by atoms with Crippen molar-refractivity contribution < 1.29 is 53.0 Å². The van der Waals surface area contributed by atoms with E-state index < -0.39 is 36.2 Å². The first-order valence-corrected chi connectivity index (χ1v) is 3.84. The van der Waals surface area contributed by atoms with Crippen molar-refractivity contribution in [2.45, 2.75) is 36.2 Å². The lowest BCUT2D eigenvalue weighted by molar-refractivity contribution is -0.545. The van der Waals surface area contributed by atoms with E-state index in [0.717, 1.165) is 0 Å². The molecule has 0 spiro atoms. The Morgan fingerprint density at radius 3 is 1.17 bits per heavy atom. The number of ether oxygens (including phenoxy) is 1. The van der Waals surface area contributed by atoms with Gasteiger partial charge in [0.2, 0.25) is 6.36 Å². The molecule has 0 aromatic rings. The lowest BCUT2D eigenvalue weighted by Crippen LogP contribution is -2.86. The van der Waals surface area contributed by atoms with E-state index in [-0.39, 0.29) is 0 Å². The zero-order valence-electron chi connectivity index (χ0n) is 7.64. The zero-order valence-corrected chi connectivity index (χ0v) is 7.64. The van der Waals surface area contributed by atoms with Crippen molar-refractivity contribution in [3.8, 4) is 0 Å². The van der Waals surface area contributed by atoms with Gasteiger partial charge in [0.25, 0.3) is 0 Å². The third-order valence-corrected chi connectivity index (χ3v) is 2.32. The highest BCUT2D eigenvalue weighted by atomic mass is 19.4. The third-order valence-electron chi connectivity index (χ3n) is 2.32. The van der Waals surface area contributed by atoms with E-state index in [9.17, 15) is 48.3 Å². The quantitative estimate of drug-likeness (QED) is 0.622.